The third-order valence-corrected chi connectivity index (χ3v) is 11.1. The normalized spacial score (nSPS) is 12.6. The van der Waals surface area contributed by atoms with Crippen LogP contribution in [0.25, 0.3) is 32.8 Å². The van der Waals surface area contributed by atoms with Crippen LogP contribution < -0.4 is 4.43 Å². The highest BCUT2D eigenvalue weighted by molar-refractivity contribution is 6.74. The van der Waals surface area contributed by atoms with Crippen LogP contribution in [0.3, 0.4) is 0 Å². The van der Waals surface area contributed by atoms with Crippen LogP contribution in [0.2, 0.25) is 18.1 Å². The maximum absolute atomic E-state index is 10.3. The number of phenolic OH excluding ortho intramolecular Hbond substituents is 1. The van der Waals surface area contributed by atoms with Crippen molar-refractivity contribution in [3.8, 4) is 22.6 Å². The molecular formula is C26H31NO2Si. The van der Waals surface area contributed by atoms with Crippen molar-refractivity contribution in [2.24, 2.45) is 7.05 Å². The zero-order valence-electron chi connectivity index (χ0n) is 19.0. The van der Waals surface area contributed by atoms with Gasteiger partial charge in [-0.1, -0.05) is 57.2 Å². The molecule has 1 N–H and O–H groups in total. The molecule has 4 heteroatoms. The summed E-state index contributed by atoms with van der Waals surface area (Å²) in [5.41, 5.74) is 4.57. The third-order valence-electron chi connectivity index (χ3n) is 6.81. The molecule has 1 aromatic heterocycles. The number of nitrogens with zero attached hydrogens (tertiary/aromatic N) is 1. The first-order valence-corrected chi connectivity index (χ1v) is 13.4. The van der Waals surface area contributed by atoms with E-state index in [9.17, 15) is 5.11 Å². The van der Waals surface area contributed by atoms with Crippen LogP contribution in [0.5, 0.6) is 11.5 Å². The summed E-state index contributed by atoms with van der Waals surface area (Å²) in [4.78, 5) is 0. The maximum atomic E-state index is 10.3. The average Bonchev–Trinajstić information content (AvgIpc) is 2.92. The van der Waals surface area contributed by atoms with Crippen molar-refractivity contribution in [1.29, 1.82) is 0 Å². The van der Waals surface area contributed by atoms with Crippen molar-refractivity contribution in [2.45, 2.75) is 45.8 Å². The van der Waals surface area contributed by atoms with Crippen molar-refractivity contribution in [2.75, 3.05) is 0 Å². The first-order chi connectivity index (χ1) is 14.0. The number of aromatic hydroxyl groups is 1. The number of hydrogen-bond donors (Lipinski definition) is 1. The number of aryl methyl sites for hydroxylation is 1. The largest absolute Gasteiger partial charge is 0.542 e. The Kier molecular flexibility index (Phi) is 4.74. The molecule has 1 heterocycles. The zero-order valence-corrected chi connectivity index (χ0v) is 20.0. The molecule has 0 aliphatic rings. The molecule has 0 unspecified atom stereocenters. The summed E-state index contributed by atoms with van der Waals surface area (Å²) < 4.78 is 9.03. The summed E-state index contributed by atoms with van der Waals surface area (Å²) in [6.07, 6.45) is 0. The van der Waals surface area contributed by atoms with E-state index in [1.807, 2.05) is 24.3 Å². The molecule has 0 aliphatic heterocycles. The average molecular weight is 418 g/mol. The molecule has 0 aliphatic carbocycles. The lowest BCUT2D eigenvalue weighted by Gasteiger charge is -2.36. The van der Waals surface area contributed by atoms with Gasteiger partial charge in [0.15, 0.2) is 0 Å². The van der Waals surface area contributed by atoms with Gasteiger partial charge in [0.05, 0.1) is 11.2 Å². The number of rotatable bonds is 3. The van der Waals surface area contributed by atoms with E-state index >= 15 is 0 Å². The molecule has 0 saturated carbocycles. The summed E-state index contributed by atoms with van der Waals surface area (Å²) >= 11 is 0. The van der Waals surface area contributed by atoms with Gasteiger partial charge in [-0.25, -0.2) is 0 Å². The minimum absolute atomic E-state index is 0.131. The van der Waals surface area contributed by atoms with Crippen LogP contribution in [0, 0.1) is 6.92 Å². The number of benzene rings is 3. The van der Waals surface area contributed by atoms with E-state index in [0.29, 0.717) is 5.75 Å². The van der Waals surface area contributed by atoms with Gasteiger partial charge in [0.25, 0.3) is 8.32 Å². The number of fused-ring (bicyclic) bond motifs is 2. The first-order valence-electron chi connectivity index (χ1n) is 10.5. The zero-order chi connectivity index (χ0) is 21.8. The van der Waals surface area contributed by atoms with Crippen molar-refractivity contribution in [1.82, 2.24) is 4.57 Å². The molecule has 0 saturated heterocycles. The Labute approximate surface area is 180 Å². The number of hydrogen-bond acceptors (Lipinski definition) is 2. The third kappa shape index (κ3) is 3.20. The Bertz CT molecular complexity index is 1260. The van der Waals surface area contributed by atoms with Crippen LogP contribution in [0.1, 0.15) is 26.5 Å². The van der Waals surface area contributed by atoms with E-state index in [0.717, 1.165) is 38.7 Å². The maximum Gasteiger partial charge on any atom is 0.250 e. The second kappa shape index (κ2) is 6.91. The van der Waals surface area contributed by atoms with Gasteiger partial charge in [-0.3, -0.25) is 0 Å². The lowest BCUT2D eigenvalue weighted by molar-refractivity contribution is 0.481. The molecule has 4 rings (SSSR count). The molecule has 30 heavy (non-hydrogen) atoms. The Morgan fingerprint density at radius 2 is 1.57 bits per heavy atom. The van der Waals surface area contributed by atoms with Crippen molar-refractivity contribution < 1.29 is 9.53 Å². The summed E-state index contributed by atoms with van der Waals surface area (Å²) in [6.45, 7) is 13.5. The Balaban J connectivity index is 1.93. The highest BCUT2D eigenvalue weighted by atomic mass is 28.4. The molecule has 3 aromatic carbocycles. The van der Waals surface area contributed by atoms with E-state index in [-0.39, 0.29) is 5.04 Å². The molecular weight excluding hydrogens is 386 g/mol. The van der Waals surface area contributed by atoms with Gasteiger partial charge < -0.3 is 14.1 Å². The fourth-order valence-electron chi connectivity index (χ4n) is 3.78. The molecule has 0 radical (unpaired) electrons. The van der Waals surface area contributed by atoms with Gasteiger partial charge in [0.2, 0.25) is 0 Å². The molecule has 156 valence electrons. The Hall–Kier alpha value is -2.72. The van der Waals surface area contributed by atoms with Crippen molar-refractivity contribution in [3.05, 3.63) is 60.3 Å². The first kappa shape index (κ1) is 20.5. The van der Waals surface area contributed by atoms with E-state index in [2.05, 4.69) is 76.7 Å². The van der Waals surface area contributed by atoms with Crippen molar-refractivity contribution >= 4 is 30.0 Å². The fourth-order valence-corrected chi connectivity index (χ4v) is 4.85. The fraction of sp³-hybridized carbons (Fsp3) is 0.308. The van der Waals surface area contributed by atoms with Gasteiger partial charge in [-0.15, -0.1) is 0 Å². The monoisotopic (exact) mass is 417 g/mol. The summed E-state index contributed by atoms with van der Waals surface area (Å²) in [7, 11) is 0.128. The van der Waals surface area contributed by atoms with Crippen LogP contribution in [-0.4, -0.2) is 18.0 Å². The van der Waals surface area contributed by atoms with Crippen LogP contribution in [-0.2, 0) is 7.05 Å². The number of aromatic nitrogens is 1. The highest BCUT2D eigenvalue weighted by Gasteiger charge is 2.40. The predicted octanol–water partition coefficient (Wildman–Crippen LogP) is 7.40. The smallest absolute Gasteiger partial charge is 0.250 e. The quantitative estimate of drug-likeness (QED) is 0.352. The highest BCUT2D eigenvalue weighted by Crippen LogP contribution is 2.43. The summed E-state index contributed by atoms with van der Waals surface area (Å²) in [5.74, 6) is 1.32. The minimum atomic E-state index is -1.98. The molecule has 0 spiro atoms. The lowest BCUT2D eigenvalue weighted by Crippen LogP contribution is -2.44. The van der Waals surface area contributed by atoms with E-state index in [1.54, 1.807) is 6.07 Å². The number of phenols is 1. The van der Waals surface area contributed by atoms with Crippen LogP contribution >= 0.6 is 0 Å². The van der Waals surface area contributed by atoms with Gasteiger partial charge in [0.1, 0.15) is 11.5 Å². The molecule has 3 nitrogen and oxygen atoms in total. The van der Waals surface area contributed by atoms with Crippen molar-refractivity contribution in [3.63, 3.8) is 0 Å². The summed E-state index contributed by atoms with van der Waals surface area (Å²) in [5, 5.41) is 13.5. The second-order valence-electron chi connectivity index (χ2n) is 9.75. The van der Waals surface area contributed by atoms with Gasteiger partial charge >= 0.3 is 0 Å². The van der Waals surface area contributed by atoms with Gasteiger partial charge in [0, 0.05) is 17.8 Å². The summed E-state index contributed by atoms with van der Waals surface area (Å²) in [6, 6.07) is 18.4. The van der Waals surface area contributed by atoms with E-state index in [1.165, 1.54) is 5.52 Å². The van der Waals surface area contributed by atoms with Gasteiger partial charge in [-0.05, 0) is 59.8 Å². The molecule has 0 amide bonds. The van der Waals surface area contributed by atoms with E-state index < -0.39 is 8.32 Å². The molecule has 0 atom stereocenters. The predicted molar refractivity (Wildman–Crippen MR) is 130 cm³/mol. The topological polar surface area (TPSA) is 34.4 Å². The van der Waals surface area contributed by atoms with Crippen LogP contribution in [0.4, 0.5) is 0 Å². The minimum Gasteiger partial charge on any atom is -0.542 e. The molecule has 0 fully saturated rings. The molecule has 0 bridgehead atoms. The van der Waals surface area contributed by atoms with E-state index in [4.69, 9.17) is 4.43 Å². The van der Waals surface area contributed by atoms with Crippen LogP contribution in [0.15, 0.2) is 54.6 Å². The van der Waals surface area contributed by atoms with Gasteiger partial charge in [-0.2, -0.15) is 0 Å². The Morgan fingerprint density at radius 3 is 2.23 bits per heavy atom. The Morgan fingerprint density at radius 1 is 0.900 bits per heavy atom. The SMILES string of the molecule is Cc1c(O[Si](C)(C)C(C)(C)C)c2cc(-c3ccc(O)c4ccccc34)ccc2n1C. The molecule has 4 aromatic rings. The standard InChI is InChI=1S/C26H31NO2Si/c1-17-25(29-30(6,7)26(2,3)4)22-16-18(12-14-23(22)27(17)5)19-13-15-24(28)21-11-9-8-10-20(19)21/h8-16,28H,1-7H3. The lowest BCUT2D eigenvalue weighted by atomic mass is 9.97. The second-order valence-corrected chi connectivity index (χ2v) is 14.5.